The van der Waals surface area contributed by atoms with Gasteiger partial charge in [-0.05, 0) is 67.9 Å². The van der Waals surface area contributed by atoms with Gasteiger partial charge in [0, 0.05) is 5.56 Å². The van der Waals surface area contributed by atoms with E-state index < -0.39 is 5.60 Å². The molecule has 0 unspecified atom stereocenters. The van der Waals surface area contributed by atoms with E-state index in [1.54, 1.807) is 0 Å². The molecule has 8 heteroatoms. The van der Waals surface area contributed by atoms with Crippen molar-refractivity contribution < 1.29 is 23.4 Å². The van der Waals surface area contributed by atoms with Crippen molar-refractivity contribution in [2.24, 2.45) is 0 Å². The third kappa shape index (κ3) is 5.48. The molecular weight excluding hydrogens is 476 g/mol. The van der Waals surface area contributed by atoms with Crippen LogP contribution in [0.3, 0.4) is 0 Å². The maximum Gasteiger partial charge on any atom is 0.332 e. The summed E-state index contributed by atoms with van der Waals surface area (Å²) in [5.41, 5.74) is 1.85. The third-order valence-electron chi connectivity index (χ3n) is 5.23. The van der Waals surface area contributed by atoms with Crippen molar-refractivity contribution in [2.75, 3.05) is 6.61 Å². The molecule has 0 saturated heterocycles. The largest absolute Gasteiger partial charge is 0.474 e. The molecule has 1 aliphatic rings. The fraction of sp³-hybridized carbons (Fsp3) is 0.458. The van der Waals surface area contributed by atoms with E-state index in [1.807, 2.05) is 51.1 Å². The van der Waals surface area contributed by atoms with Gasteiger partial charge >= 0.3 is 5.97 Å². The lowest BCUT2D eigenvalue weighted by atomic mass is 9.95. The van der Waals surface area contributed by atoms with Gasteiger partial charge in [-0.3, -0.25) is 0 Å². The maximum atomic E-state index is 11.9. The molecular formula is C24H27BrN2O5. The van der Waals surface area contributed by atoms with Gasteiger partial charge in [-0.1, -0.05) is 30.3 Å². The molecule has 0 radical (unpaired) electrons. The minimum absolute atomic E-state index is 0.00627. The maximum absolute atomic E-state index is 11.9. The average Bonchev–Trinajstić information content (AvgIpc) is 3.09. The molecule has 2 heterocycles. The van der Waals surface area contributed by atoms with Gasteiger partial charge in [0.15, 0.2) is 4.67 Å². The van der Waals surface area contributed by atoms with Crippen LogP contribution in [0.15, 0.2) is 45.7 Å². The summed E-state index contributed by atoms with van der Waals surface area (Å²) >= 11 is 3.52. The third-order valence-corrected chi connectivity index (χ3v) is 5.79. The number of fused-ring (bicyclic) bond motifs is 1. The number of nitrogens with zero attached hydrogens (tertiary/aromatic N) is 2. The highest BCUT2D eigenvalue weighted by molar-refractivity contribution is 9.10. The lowest BCUT2D eigenvalue weighted by molar-refractivity contribution is -0.163. The molecule has 1 fully saturated rings. The molecule has 1 saturated carbocycles. The lowest BCUT2D eigenvalue weighted by Gasteiger charge is -2.29. The zero-order valence-electron chi connectivity index (χ0n) is 18.5. The number of ether oxygens (including phenoxy) is 3. The number of aromatic nitrogens is 2. The van der Waals surface area contributed by atoms with Gasteiger partial charge in [-0.15, -0.1) is 0 Å². The summed E-state index contributed by atoms with van der Waals surface area (Å²) in [6.07, 6.45) is 4.72. The van der Waals surface area contributed by atoms with Gasteiger partial charge in [-0.25, -0.2) is 14.8 Å². The molecule has 0 amide bonds. The number of carbonyl (C=O) groups excluding carboxylic acids is 1. The van der Waals surface area contributed by atoms with Crippen molar-refractivity contribution >= 4 is 33.0 Å². The Morgan fingerprint density at radius 3 is 2.47 bits per heavy atom. The number of rotatable bonds is 6. The number of esters is 1. The monoisotopic (exact) mass is 502 g/mol. The summed E-state index contributed by atoms with van der Waals surface area (Å²) < 4.78 is 23.8. The van der Waals surface area contributed by atoms with E-state index in [1.165, 1.54) is 6.33 Å². The molecule has 1 aromatic carbocycles. The smallest absolute Gasteiger partial charge is 0.332 e. The predicted molar refractivity (Wildman–Crippen MR) is 123 cm³/mol. The Morgan fingerprint density at radius 2 is 1.78 bits per heavy atom. The molecule has 1 aliphatic carbocycles. The number of halogens is 1. The molecule has 0 spiro atoms. The van der Waals surface area contributed by atoms with E-state index in [-0.39, 0.29) is 24.8 Å². The van der Waals surface area contributed by atoms with Crippen molar-refractivity contribution in [3.8, 4) is 17.0 Å². The second-order valence-electron chi connectivity index (χ2n) is 8.89. The van der Waals surface area contributed by atoms with Crippen LogP contribution in [0.2, 0.25) is 0 Å². The zero-order chi connectivity index (χ0) is 22.7. The summed E-state index contributed by atoms with van der Waals surface area (Å²) in [4.78, 5) is 20.6. The van der Waals surface area contributed by atoms with Crippen LogP contribution in [0.4, 0.5) is 0 Å². The molecule has 0 N–H and O–H groups in total. The highest BCUT2D eigenvalue weighted by atomic mass is 79.9. The molecule has 0 aliphatic heterocycles. The van der Waals surface area contributed by atoms with E-state index in [4.69, 9.17) is 18.6 Å². The van der Waals surface area contributed by atoms with Gasteiger partial charge in [0.25, 0.3) is 0 Å². The summed E-state index contributed by atoms with van der Waals surface area (Å²) in [5, 5.41) is 0.758. The first-order chi connectivity index (χ1) is 15.3. The Labute approximate surface area is 195 Å². The van der Waals surface area contributed by atoms with Gasteiger partial charge in [0.05, 0.1) is 6.10 Å². The number of hydrogen-bond acceptors (Lipinski definition) is 7. The van der Waals surface area contributed by atoms with Crippen LogP contribution in [0.5, 0.6) is 5.88 Å². The number of benzene rings is 1. The van der Waals surface area contributed by atoms with Crippen molar-refractivity contribution in [1.29, 1.82) is 0 Å². The van der Waals surface area contributed by atoms with Crippen molar-refractivity contribution in [3.05, 3.63) is 41.3 Å². The van der Waals surface area contributed by atoms with Crippen LogP contribution in [-0.2, 0) is 14.3 Å². The molecule has 2 aromatic heterocycles. The Bertz CT molecular complexity index is 1070. The minimum atomic E-state index is -0.504. The first kappa shape index (κ1) is 22.7. The topological polar surface area (TPSA) is 83.7 Å². The Balaban J connectivity index is 1.41. The highest BCUT2D eigenvalue weighted by Gasteiger charge is 2.27. The number of carbonyl (C=O) groups is 1. The Hall–Kier alpha value is -2.45. The lowest BCUT2D eigenvalue weighted by Crippen LogP contribution is -2.32. The van der Waals surface area contributed by atoms with E-state index in [0.29, 0.717) is 16.3 Å². The fourth-order valence-corrected chi connectivity index (χ4v) is 4.44. The van der Waals surface area contributed by atoms with E-state index in [9.17, 15) is 4.79 Å². The van der Waals surface area contributed by atoms with Gasteiger partial charge < -0.3 is 18.6 Å². The van der Waals surface area contributed by atoms with Gasteiger partial charge in [-0.2, -0.15) is 0 Å². The Kier molecular flexibility index (Phi) is 6.81. The van der Waals surface area contributed by atoms with Crippen molar-refractivity contribution in [3.63, 3.8) is 0 Å². The molecule has 3 aromatic rings. The van der Waals surface area contributed by atoms with Crippen molar-refractivity contribution in [1.82, 2.24) is 9.97 Å². The minimum Gasteiger partial charge on any atom is -0.474 e. The van der Waals surface area contributed by atoms with E-state index in [0.717, 1.165) is 42.2 Å². The fourth-order valence-electron chi connectivity index (χ4n) is 3.86. The molecule has 7 nitrogen and oxygen atoms in total. The van der Waals surface area contributed by atoms with Crippen LogP contribution >= 0.6 is 15.9 Å². The van der Waals surface area contributed by atoms with Crippen LogP contribution < -0.4 is 4.74 Å². The first-order valence-corrected chi connectivity index (χ1v) is 11.6. The van der Waals surface area contributed by atoms with Crippen LogP contribution in [0.1, 0.15) is 46.5 Å². The highest BCUT2D eigenvalue weighted by Crippen LogP contribution is 2.41. The quantitative estimate of drug-likeness (QED) is 0.399. The molecule has 0 bridgehead atoms. The predicted octanol–water partition coefficient (Wildman–Crippen LogP) is 5.70. The van der Waals surface area contributed by atoms with E-state index in [2.05, 4.69) is 25.9 Å². The summed E-state index contributed by atoms with van der Waals surface area (Å²) in [7, 11) is 0. The SMILES string of the molecule is CC(C)(C)OC(=O)COC1CCC(Oc2ncnc3oc(Br)c(-c4ccccc4)c23)CC1. The van der Waals surface area contributed by atoms with Gasteiger partial charge in [0.1, 0.15) is 30.0 Å². The van der Waals surface area contributed by atoms with Crippen LogP contribution in [0, 0.1) is 0 Å². The molecule has 0 atom stereocenters. The van der Waals surface area contributed by atoms with E-state index >= 15 is 0 Å². The normalized spacial score (nSPS) is 19.1. The first-order valence-electron chi connectivity index (χ1n) is 10.8. The summed E-state index contributed by atoms with van der Waals surface area (Å²) in [6, 6.07) is 9.95. The van der Waals surface area contributed by atoms with Crippen molar-refractivity contribution in [2.45, 2.75) is 64.3 Å². The molecule has 4 rings (SSSR count). The summed E-state index contributed by atoms with van der Waals surface area (Å²) in [5.74, 6) is 0.180. The zero-order valence-corrected chi connectivity index (χ0v) is 20.1. The molecule has 32 heavy (non-hydrogen) atoms. The second kappa shape index (κ2) is 9.58. The Morgan fingerprint density at radius 1 is 1.09 bits per heavy atom. The molecule has 170 valence electrons. The van der Waals surface area contributed by atoms with Crippen LogP contribution in [0.25, 0.3) is 22.2 Å². The average molecular weight is 503 g/mol. The van der Waals surface area contributed by atoms with Gasteiger partial charge in [0.2, 0.25) is 11.6 Å². The standard InChI is InChI=1S/C24H27BrN2O5/c1-24(2,3)32-18(28)13-29-16-9-11-17(12-10-16)30-22-20-19(15-7-5-4-6-8-15)21(25)31-23(20)27-14-26-22/h4-8,14,16-17H,9-13H2,1-3H3. The number of hydrogen-bond donors (Lipinski definition) is 0. The number of furan rings is 1. The second-order valence-corrected chi connectivity index (χ2v) is 9.61. The summed E-state index contributed by atoms with van der Waals surface area (Å²) in [6.45, 7) is 5.52. The van der Waals surface area contributed by atoms with Crippen LogP contribution in [-0.4, -0.2) is 40.4 Å².